The van der Waals surface area contributed by atoms with Crippen LogP contribution in [-0.4, -0.2) is 6.04 Å². The minimum atomic E-state index is 0.474. The molecule has 2 aromatic carbocycles. The number of furan rings is 1. The molecule has 21 heavy (non-hydrogen) atoms. The molecule has 108 valence electrons. The van der Waals surface area contributed by atoms with Gasteiger partial charge in [-0.3, -0.25) is 0 Å². The van der Waals surface area contributed by atoms with Gasteiger partial charge in [-0.1, -0.05) is 50.2 Å². The fourth-order valence-corrected chi connectivity index (χ4v) is 2.52. The van der Waals surface area contributed by atoms with Crippen LogP contribution in [0.4, 0.5) is 0 Å². The summed E-state index contributed by atoms with van der Waals surface area (Å²) in [6.07, 6.45) is 2.82. The second-order valence-corrected chi connectivity index (χ2v) is 5.79. The van der Waals surface area contributed by atoms with Crippen molar-refractivity contribution >= 4 is 11.0 Å². The van der Waals surface area contributed by atoms with Gasteiger partial charge >= 0.3 is 0 Å². The van der Waals surface area contributed by atoms with Crippen LogP contribution in [0.25, 0.3) is 11.0 Å². The number of hydrogen-bond donors (Lipinski definition) is 1. The summed E-state index contributed by atoms with van der Waals surface area (Å²) in [6, 6.07) is 17.5. The molecule has 0 amide bonds. The van der Waals surface area contributed by atoms with E-state index in [4.69, 9.17) is 4.42 Å². The fraction of sp³-hybridized carbons (Fsp3) is 0.263. The lowest BCUT2D eigenvalue weighted by Gasteiger charge is -2.07. The largest absolute Gasteiger partial charge is 0.464 e. The Morgan fingerprint density at radius 1 is 1.00 bits per heavy atom. The Kier molecular flexibility index (Phi) is 4.07. The van der Waals surface area contributed by atoms with Gasteiger partial charge in [0.25, 0.3) is 0 Å². The zero-order valence-electron chi connectivity index (χ0n) is 12.6. The Labute approximate surface area is 125 Å². The molecule has 0 fully saturated rings. The van der Waals surface area contributed by atoms with E-state index in [-0.39, 0.29) is 0 Å². The van der Waals surface area contributed by atoms with Crippen molar-refractivity contribution in [2.45, 2.75) is 32.9 Å². The minimum Gasteiger partial charge on any atom is -0.464 e. The monoisotopic (exact) mass is 279 g/mol. The van der Waals surface area contributed by atoms with Crippen molar-refractivity contribution in [3.05, 3.63) is 71.5 Å². The third-order valence-electron chi connectivity index (χ3n) is 3.67. The van der Waals surface area contributed by atoms with Crippen LogP contribution >= 0.6 is 0 Å². The van der Waals surface area contributed by atoms with Crippen LogP contribution in [0.2, 0.25) is 0 Å². The highest BCUT2D eigenvalue weighted by Crippen LogP contribution is 2.24. The number of hydrogen-bond acceptors (Lipinski definition) is 2. The Morgan fingerprint density at radius 2 is 1.81 bits per heavy atom. The lowest BCUT2D eigenvalue weighted by molar-refractivity contribution is 0.572. The zero-order valence-corrected chi connectivity index (χ0v) is 12.6. The molecule has 0 aliphatic rings. The summed E-state index contributed by atoms with van der Waals surface area (Å²) in [7, 11) is 0. The minimum absolute atomic E-state index is 0.474. The summed E-state index contributed by atoms with van der Waals surface area (Å²) in [5.41, 5.74) is 4.85. The summed E-state index contributed by atoms with van der Waals surface area (Å²) >= 11 is 0. The topological polar surface area (TPSA) is 25.2 Å². The lowest BCUT2D eigenvalue weighted by atomic mass is 10.0. The van der Waals surface area contributed by atoms with Crippen LogP contribution in [-0.2, 0) is 13.0 Å². The maximum atomic E-state index is 5.65. The van der Waals surface area contributed by atoms with Gasteiger partial charge in [0.15, 0.2) is 0 Å². The van der Waals surface area contributed by atoms with Crippen LogP contribution in [0.3, 0.4) is 0 Å². The molecule has 1 heterocycles. The van der Waals surface area contributed by atoms with Crippen molar-refractivity contribution in [1.29, 1.82) is 0 Å². The third-order valence-corrected chi connectivity index (χ3v) is 3.67. The zero-order chi connectivity index (χ0) is 14.7. The van der Waals surface area contributed by atoms with Crippen molar-refractivity contribution in [2.24, 2.45) is 0 Å². The van der Waals surface area contributed by atoms with Gasteiger partial charge in [-0.2, -0.15) is 0 Å². The molecule has 0 radical (unpaired) electrons. The second kappa shape index (κ2) is 6.15. The van der Waals surface area contributed by atoms with E-state index in [2.05, 4.69) is 67.7 Å². The molecule has 2 nitrogen and oxygen atoms in total. The number of rotatable bonds is 5. The quantitative estimate of drug-likeness (QED) is 0.742. The normalized spacial score (nSPS) is 11.4. The molecule has 1 N–H and O–H groups in total. The molecule has 0 aliphatic carbocycles. The standard InChI is InChI=1S/C19H21NO/c1-14(2)20-12-17-13-21-19-9-8-16(11-18(17)19)10-15-6-4-3-5-7-15/h3-9,11,13-14,20H,10,12H2,1-2H3. The molecule has 2 heteroatoms. The first-order chi connectivity index (χ1) is 10.2. The van der Waals surface area contributed by atoms with E-state index in [1.807, 2.05) is 6.26 Å². The Hall–Kier alpha value is -2.06. The Balaban J connectivity index is 1.86. The number of fused-ring (bicyclic) bond motifs is 1. The predicted octanol–water partition coefficient (Wildman–Crippen LogP) is 4.52. The van der Waals surface area contributed by atoms with Crippen LogP contribution in [0.5, 0.6) is 0 Å². The molecular formula is C19H21NO. The van der Waals surface area contributed by atoms with Gasteiger partial charge in [0.1, 0.15) is 5.58 Å². The van der Waals surface area contributed by atoms with E-state index in [1.54, 1.807) is 0 Å². The average Bonchev–Trinajstić information content (AvgIpc) is 2.88. The molecule has 0 spiro atoms. The van der Waals surface area contributed by atoms with E-state index in [9.17, 15) is 0 Å². The first-order valence-electron chi connectivity index (χ1n) is 7.48. The van der Waals surface area contributed by atoms with Crippen LogP contribution in [0.1, 0.15) is 30.5 Å². The molecule has 0 saturated carbocycles. The highest BCUT2D eigenvalue weighted by Gasteiger charge is 2.07. The van der Waals surface area contributed by atoms with Gasteiger partial charge in [0.2, 0.25) is 0 Å². The maximum absolute atomic E-state index is 5.65. The second-order valence-electron chi connectivity index (χ2n) is 5.79. The van der Waals surface area contributed by atoms with E-state index in [0.717, 1.165) is 18.5 Å². The predicted molar refractivity (Wildman–Crippen MR) is 87.4 cm³/mol. The summed E-state index contributed by atoms with van der Waals surface area (Å²) in [5, 5.41) is 4.67. The van der Waals surface area contributed by atoms with E-state index >= 15 is 0 Å². The Bertz CT molecular complexity index is 713. The average molecular weight is 279 g/mol. The van der Waals surface area contributed by atoms with Crippen molar-refractivity contribution in [3.63, 3.8) is 0 Å². The van der Waals surface area contributed by atoms with Gasteiger partial charge in [-0.05, 0) is 29.7 Å². The molecule has 0 bridgehead atoms. The van der Waals surface area contributed by atoms with Crippen molar-refractivity contribution in [1.82, 2.24) is 5.32 Å². The smallest absolute Gasteiger partial charge is 0.134 e. The molecule has 0 atom stereocenters. The van der Waals surface area contributed by atoms with Crippen molar-refractivity contribution in [2.75, 3.05) is 0 Å². The van der Waals surface area contributed by atoms with Crippen LogP contribution < -0.4 is 5.32 Å². The van der Waals surface area contributed by atoms with E-state index in [1.165, 1.54) is 22.1 Å². The fourth-order valence-electron chi connectivity index (χ4n) is 2.52. The highest BCUT2D eigenvalue weighted by atomic mass is 16.3. The van der Waals surface area contributed by atoms with Gasteiger partial charge in [0.05, 0.1) is 6.26 Å². The summed E-state index contributed by atoms with van der Waals surface area (Å²) in [4.78, 5) is 0. The van der Waals surface area contributed by atoms with E-state index in [0.29, 0.717) is 6.04 Å². The van der Waals surface area contributed by atoms with Gasteiger partial charge in [-0.25, -0.2) is 0 Å². The summed E-state index contributed by atoms with van der Waals surface area (Å²) < 4.78 is 5.65. The van der Waals surface area contributed by atoms with Gasteiger partial charge in [-0.15, -0.1) is 0 Å². The maximum Gasteiger partial charge on any atom is 0.134 e. The summed E-state index contributed by atoms with van der Waals surface area (Å²) in [6.45, 7) is 5.16. The SMILES string of the molecule is CC(C)NCc1coc2ccc(Cc3ccccc3)cc12. The molecular weight excluding hydrogens is 258 g/mol. The molecule has 3 rings (SSSR count). The molecule has 1 aromatic heterocycles. The lowest BCUT2D eigenvalue weighted by Crippen LogP contribution is -2.21. The van der Waals surface area contributed by atoms with Crippen LogP contribution in [0.15, 0.2) is 59.2 Å². The van der Waals surface area contributed by atoms with Crippen molar-refractivity contribution < 1.29 is 4.42 Å². The van der Waals surface area contributed by atoms with Gasteiger partial charge in [0, 0.05) is 23.5 Å². The van der Waals surface area contributed by atoms with E-state index < -0.39 is 0 Å². The van der Waals surface area contributed by atoms with Gasteiger partial charge < -0.3 is 9.73 Å². The summed E-state index contributed by atoms with van der Waals surface area (Å²) in [5.74, 6) is 0. The molecule has 0 unspecified atom stereocenters. The number of nitrogens with one attached hydrogen (secondary N) is 1. The molecule has 0 aliphatic heterocycles. The highest BCUT2D eigenvalue weighted by molar-refractivity contribution is 5.81. The molecule has 3 aromatic rings. The number of benzene rings is 2. The van der Waals surface area contributed by atoms with Crippen molar-refractivity contribution in [3.8, 4) is 0 Å². The Morgan fingerprint density at radius 3 is 2.57 bits per heavy atom. The van der Waals surface area contributed by atoms with Crippen LogP contribution in [0, 0.1) is 0 Å². The third kappa shape index (κ3) is 3.34. The first-order valence-corrected chi connectivity index (χ1v) is 7.48. The first kappa shape index (κ1) is 13.9. The molecule has 0 saturated heterocycles.